The fourth-order valence-electron chi connectivity index (χ4n) is 3.56. The molecule has 2 aromatic rings. The van der Waals surface area contributed by atoms with E-state index in [0.29, 0.717) is 0 Å². The van der Waals surface area contributed by atoms with Crippen molar-refractivity contribution in [3.8, 4) is 5.75 Å². The SMILES string of the molecule is COc1ccc2c(c1)CCc1cc(F)ccc1C2CC(C)CO. The Morgan fingerprint density at radius 2 is 1.78 bits per heavy atom. The Morgan fingerprint density at radius 1 is 1.13 bits per heavy atom. The van der Waals surface area contributed by atoms with Gasteiger partial charge in [0.2, 0.25) is 0 Å². The van der Waals surface area contributed by atoms with Crippen molar-refractivity contribution in [3.05, 3.63) is 64.5 Å². The molecule has 1 aliphatic carbocycles. The van der Waals surface area contributed by atoms with Crippen molar-refractivity contribution < 1.29 is 14.2 Å². The van der Waals surface area contributed by atoms with Gasteiger partial charge in [0.05, 0.1) is 7.11 Å². The van der Waals surface area contributed by atoms with E-state index < -0.39 is 0 Å². The van der Waals surface area contributed by atoms with Crippen molar-refractivity contribution in [1.29, 1.82) is 0 Å². The van der Waals surface area contributed by atoms with Gasteiger partial charge >= 0.3 is 0 Å². The summed E-state index contributed by atoms with van der Waals surface area (Å²) in [5, 5.41) is 9.48. The summed E-state index contributed by atoms with van der Waals surface area (Å²) < 4.78 is 19.0. The maximum Gasteiger partial charge on any atom is 0.123 e. The molecule has 2 nitrogen and oxygen atoms in total. The van der Waals surface area contributed by atoms with Crippen molar-refractivity contribution >= 4 is 0 Å². The summed E-state index contributed by atoms with van der Waals surface area (Å²) in [5.41, 5.74) is 4.80. The second kappa shape index (κ2) is 6.71. The van der Waals surface area contributed by atoms with Crippen LogP contribution in [0.3, 0.4) is 0 Å². The zero-order chi connectivity index (χ0) is 16.4. The van der Waals surface area contributed by atoms with Gasteiger partial charge < -0.3 is 9.84 Å². The maximum absolute atomic E-state index is 13.7. The molecule has 2 atom stereocenters. The van der Waals surface area contributed by atoms with Crippen LogP contribution < -0.4 is 4.74 Å². The van der Waals surface area contributed by atoms with Gasteiger partial charge in [-0.1, -0.05) is 19.1 Å². The second-order valence-corrected chi connectivity index (χ2v) is 6.48. The highest BCUT2D eigenvalue weighted by atomic mass is 19.1. The average molecular weight is 314 g/mol. The Hall–Kier alpha value is -1.87. The van der Waals surface area contributed by atoms with Gasteiger partial charge in [-0.05, 0) is 71.7 Å². The van der Waals surface area contributed by atoms with E-state index in [0.717, 1.165) is 30.6 Å². The van der Waals surface area contributed by atoms with Gasteiger partial charge in [-0.3, -0.25) is 0 Å². The minimum absolute atomic E-state index is 0.165. The number of benzene rings is 2. The molecule has 2 unspecified atom stereocenters. The molecular formula is C20H23FO2. The van der Waals surface area contributed by atoms with Crippen LogP contribution in [-0.2, 0) is 12.8 Å². The van der Waals surface area contributed by atoms with Gasteiger partial charge in [0.25, 0.3) is 0 Å². The van der Waals surface area contributed by atoms with Crippen molar-refractivity contribution in [2.75, 3.05) is 13.7 Å². The van der Waals surface area contributed by atoms with Crippen molar-refractivity contribution in [2.24, 2.45) is 5.92 Å². The number of aliphatic hydroxyl groups is 1. The molecule has 1 aliphatic rings. The predicted octanol–water partition coefficient (Wildman–Crippen LogP) is 4.08. The fourth-order valence-corrected chi connectivity index (χ4v) is 3.56. The third kappa shape index (κ3) is 3.25. The quantitative estimate of drug-likeness (QED) is 0.921. The highest BCUT2D eigenvalue weighted by Gasteiger charge is 2.25. The molecule has 23 heavy (non-hydrogen) atoms. The standard InChI is InChI=1S/C20H23FO2/c1-13(12-22)9-20-18-7-5-16(21)10-14(18)3-4-15-11-17(23-2)6-8-19(15)20/h5-8,10-11,13,20,22H,3-4,9,12H2,1-2H3. The van der Waals surface area contributed by atoms with Crippen LogP contribution in [0.4, 0.5) is 4.39 Å². The minimum Gasteiger partial charge on any atom is -0.497 e. The van der Waals surface area contributed by atoms with E-state index in [2.05, 4.69) is 19.1 Å². The van der Waals surface area contributed by atoms with E-state index in [1.807, 2.05) is 12.1 Å². The van der Waals surface area contributed by atoms with Gasteiger partial charge in [-0.15, -0.1) is 0 Å². The molecule has 0 saturated heterocycles. The molecule has 0 heterocycles. The molecule has 0 amide bonds. The smallest absolute Gasteiger partial charge is 0.123 e. The molecule has 0 radical (unpaired) electrons. The normalized spacial score (nSPS) is 17.8. The lowest BCUT2D eigenvalue weighted by molar-refractivity contribution is 0.226. The number of fused-ring (bicyclic) bond motifs is 2. The van der Waals surface area contributed by atoms with Gasteiger partial charge in [0.1, 0.15) is 11.6 Å². The summed E-state index contributed by atoms with van der Waals surface area (Å²) >= 11 is 0. The number of methoxy groups -OCH3 is 1. The number of aryl methyl sites for hydroxylation is 2. The van der Waals surface area contributed by atoms with Crippen LogP contribution in [0.1, 0.15) is 41.5 Å². The Morgan fingerprint density at radius 3 is 2.43 bits per heavy atom. The summed E-state index contributed by atoms with van der Waals surface area (Å²) in [7, 11) is 1.67. The monoisotopic (exact) mass is 314 g/mol. The molecule has 0 bridgehead atoms. The summed E-state index contributed by atoms with van der Waals surface area (Å²) in [6.45, 7) is 2.22. The lowest BCUT2D eigenvalue weighted by Gasteiger charge is -2.23. The van der Waals surface area contributed by atoms with Crippen LogP contribution in [0.15, 0.2) is 36.4 Å². The molecule has 3 rings (SSSR count). The highest BCUT2D eigenvalue weighted by molar-refractivity contribution is 5.47. The van der Waals surface area contributed by atoms with E-state index in [1.54, 1.807) is 19.2 Å². The van der Waals surface area contributed by atoms with E-state index >= 15 is 0 Å². The Labute approximate surface area is 136 Å². The van der Waals surface area contributed by atoms with E-state index in [9.17, 15) is 9.50 Å². The molecule has 122 valence electrons. The number of rotatable bonds is 4. The Bertz CT molecular complexity index is 696. The van der Waals surface area contributed by atoms with Crippen LogP contribution in [-0.4, -0.2) is 18.8 Å². The summed E-state index contributed by atoms with van der Waals surface area (Å²) in [6, 6.07) is 11.3. The lowest BCUT2D eigenvalue weighted by atomic mass is 9.82. The predicted molar refractivity (Wildman–Crippen MR) is 89.5 cm³/mol. The van der Waals surface area contributed by atoms with Gasteiger partial charge in [-0.25, -0.2) is 4.39 Å². The first kappa shape index (κ1) is 16.0. The lowest BCUT2D eigenvalue weighted by Crippen LogP contribution is -2.11. The zero-order valence-electron chi connectivity index (χ0n) is 13.7. The minimum atomic E-state index is -0.179. The van der Waals surface area contributed by atoms with Crippen molar-refractivity contribution in [2.45, 2.75) is 32.1 Å². The third-order valence-corrected chi connectivity index (χ3v) is 4.82. The maximum atomic E-state index is 13.7. The third-order valence-electron chi connectivity index (χ3n) is 4.82. The molecule has 0 aliphatic heterocycles. The summed E-state index contributed by atoms with van der Waals surface area (Å²) in [4.78, 5) is 0. The highest BCUT2D eigenvalue weighted by Crippen LogP contribution is 2.39. The average Bonchev–Trinajstić information content (AvgIpc) is 2.71. The van der Waals surface area contributed by atoms with Gasteiger partial charge in [0, 0.05) is 12.5 Å². The topological polar surface area (TPSA) is 29.5 Å². The first-order chi connectivity index (χ1) is 11.1. The Balaban J connectivity index is 2.10. The fraction of sp³-hybridized carbons (Fsp3) is 0.400. The number of hydrogen-bond donors (Lipinski definition) is 1. The van der Waals surface area contributed by atoms with Crippen molar-refractivity contribution in [3.63, 3.8) is 0 Å². The molecule has 2 aromatic carbocycles. The first-order valence-corrected chi connectivity index (χ1v) is 8.18. The van der Waals surface area contributed by atoms with E-state index in [4.69, 9.17) is 4.74 Å². The largest absolute Gasteiger partial charge is 0.497 e. The van der Waals surface area contributed by atoms with Gasteiger partial charge in [-0.2, -0.15) is 0 Å². The zero-order valence-corrected chi connectivity index (χ0v) is 13.7. The number of ether oxygens (including phenoxy) is 1. The van der Waals surface area contributed by atoms with E-state index in [1.165, 1.54) is 16.7 Å². The van der Waals surface area contributed by atoms with Gasteiger partial charge in [0.15, 0.2) is 0 Å². The number of aliphatic hydroxyl groups excluding tert-OH is 1. The van der Waals surface area contributed by atoms with Crippen LogP contribution in [0, 0.1) is 11.7 Å². The second-order valence-electron chi connectivity index (χ2n) is 6.48. The number of hydrogen-bond acceptors (Lipinski definition) is 2. The Kier molecular flexibility index (Phi) is 4.67. The van der Waals surface area contributed by atoms with Crippen LogP contribution in [0.5, 0.6) is 5.75 Å². The van der Waals surface area contributed by atoms with E-state index in [-0.39, 0.29) is 24.3 Å². The molecule has 0 fully saturated rings. The molecule has 0 spiro atoms. The van der Waals surface area contributed by atoms with Crippen LogP contribution >= 0.6 is 0 Å². The summed E-state index contributed by atoms with van der Waals surface area (Å²) in [5.74, 6) is 1.07. The molecule has 0 aromatic heterocycles. The molecule has 3 heteroatoms. The van der Waals surface area contributed by atoms with Crippen molar-refractivity contribution in [1.82, 2.24) is 0 Å². The summed E-state index contributed by atoms with van der Waals surface area (Å²) in [6.07, 6.45) is 2.57. The molecular weight excluding hydrogens is 291 g/mol. The first-order valence-electron chi connectivity index (χ1n) is 8.18. The number of halogens is 1. The van der Waals surface area contributed by atoms with Crippen LogP contribution in [0.25, 0.3) is 0 Å². The van der Waals surface area contributed by atoms with Crippen LogP contribution in [0.2, 0.25) is 0 Å². The molecule has 1 N–H and O–H groups in total. The molecule has 0 saturated carbocycles.